The van der Waals surface area contributed by atoms with E-state index >= 15 is 0 Å². The second-order valence-electron chi connectivity index (χ2n) is 8.98. The van der Waals surface area contributed by atoms with Crippen molar-refractivity contribution < 1.29 is 19.4 Å². The molecule has 0 aliphatic carbocycles. The molecular weight excluding hydrogens is 456 g/mol. The number of anilines is 1. The lowest BCUT2D eigenvalue weighted by atomic mass is 10.1. The first-order valence-electron chi connectivity index (χ1n) is 11.7. The zero-order valence-electron chi connectivity index (χ0n) is 19.3. The lowest BCUT2D eigenvalue weighted by Gasteiger charge is -2.35. The fourth-order valence-electron chi connectivity index (χ4n) is 4.62. The van der Waals surface area contributed by atoms with E-state index in [1.165, 1.54) is 0 Å². The van der Waals surface area contributed by atoms with Gasteiger partial charge in [-0.3, -0.25) is 29.6 Å². The zero-order chi connectivity index (χ0) is 24.5. The molecule has 2 saturated heterocycles. The Kier molecular flexibility index (Phi) is 6.41. The van der Waals surface area contributed by atoms with Gasteiger partial charge in [-0.1, -0.05) is 0 Å². The average molecular weight is 485 g/mol. The number of amides is 1. The average Bonchev–Trinajstić information content (AvgIpc) is 3.24. The number of aromatic carboxylic acids is 1. The summed E-state index contributed by atoms with van der Waals surface area (Å²) in [7, 11) is 0. The number of ether oxygens (including phenoxy) is 1. The number of carbonyl (C=O) groups excluding carboxylic acids is 1. The van der Waals surface area contributed by atoms with Crippen molar-refractivity contribution in [3.63, 3.8) is 0 Å². The Labute approximate surface area is 200 Å². The molecule has 2 aliphatic rings. The molecule has 35 heavy (non-hydrogen) atoms. The Morgan fingerprint density at radius 3 is 2.37 bits per heavy atom. The molecule has 0 radical (unpaired) electrons. The Morgan fingerprint density at radius 2 is 1.71 bits per heavy atom. The molecular formula is C23H28N6O6. The summed E-state index contributed by atoms with van der Waals surface area (Å²) in [6.45, 7) is 7.39. The molecule has 0 saturated carbocycles. The summed E-state index contributed by atoms with van der Waals surface area (Å²) in [4.78, 5) is 56.6. The number of nitrogens with zero attached hydrogens (tertiary/aromatic N) is 4. The van der Waals surface area contributed by atoms with Crippen molar-refractivity contribution >= 4 is 28.5 Å². The van der Waals surface area contributed by atoms with Gasteiger partial charge in [0, 0.05) is 75.9 Å². The number of rotatable bonds is 8. The van der Waals surface area contributed by atoms with Crippen molar-refractivity contribution in [3.05, 3.63) is 50.2 Å². The molecule has 0 bridgehead atoms. The third-order valence-electron chi connectivity index (χ3n) is 6.77. The predicted octanol–water partition coefficient (Wildman–Crippen LogP) is -0.495. The van der Waals surface area contributed by atoms with E-state index in [0.717, 1.165) is 61.6 Å². The van der Waals surface area contributed by atoms with Gasteiger partial charge in [0.1, 0.15) is 0 Å². The molecule has 3 aromatic rings. The Bertz CT molecular complexity index is 1280. The zero-order valence-corrected chi connectivity index (χ0v) is 19.3. The van der Waals surface area contributed by atoms with Gasteiger partial charge in [-0.15, -0.1) is 0 Å². The van der Waals surface area contributed by atoms with Crippen LogP contribution >= 0.6 is 0 Å². The van der Waals surface area contributed by atoms with Gasteiger partial charge >= 0.3 is 17.1 Å². The SMILES string of the molecule is O=C(O)c1cc2c(CN3CCN(C(=O)CCN4CCOCC4)CC3)c[nH]c2cc1Nn1c(=O)c1=O. The summed E-state index contributed by atoms with van der Waals surface area (Å²) < 4.78 is 6.13. The first-order chi connectivity index (χ1) is 16.9. The fourth-order valence-corrected chi connectivity index (χ4v) is 4.62. The van der Waals surface area contributed by atoms with Crippen LogP contribution in [0.4, 0.5) is 5.69 Å². The highest BCUT2D eigenvalue weighted by molar-refractivity contribution is 6.01. The number of carboxylic acids is 1. The van der Waals surface area contributed by atoms with Gasteiger partial charge in [0.2, 0.25) is 5.91 Å². The number of hydrogen-bond acceptors (Lipinski definition) is 8. The number of benzene rings is 1. The van der Waals surface area contributed by atoms with Gasteiger partial charge in [0.15, 0.2) is 0 Å². The van der Waals surface area contributed by atoms with Crippen LogP contribution in [0.25, 0.3) is 10.9 Å². The number of fused-ring (bicyclic) bond motifs is 1. The predicted molar refractivity (Wildman–Crippen MR) is 127 cm³/mol. The number of hydrogen-bond donors (Lipinski definition) is 3. The smallest absolute Gasteiger partial charge is 0.340 e. The highest BCUT2D eigenvalue weighted by atomic mass is 16.5. The molecule has 2 fully saturated rings. The minimum Gasteiger partial charge on any atom is -0.478 e. The standard InChI is InChI=1S/C23H28N6O6/c30-20(1-2-26-7-9-35-10-8-26)28-5-3-27(4-6-28)14-15-13-24-18-12-19(25-29-21(31)22(29)32)17(23(33)34)11-16(15)18/h11-13,24-25H,1-10,14H2,(H,33,34). The van der Waals surface area contributed by atoms with E-state index in [9.17, 15) is 24.3 Å². The fraction of sp³-hybridized carbons (Fsp3) is 0.478. The summed E-state index contributed by atoms with van der Waals surface area (Å²) in [5.41, 5.74) is 2.95. The van der Waals surface area contributed by atoms with E-state index in [1.54, 1.807) is 12.1 Å². The Morgan fingerprint density at radius 1 is 1.00 bits per heavy atom. The van der Waals surface area contributed by atoms with E-state index in [2.05, 4.69) is 20.2 Å². The number of aromatic amines is 1. The third-order valence-corrected chi connectivity index (χ3v) is 6.77. The van der Waals surface area contributed by atoms with Gasteiger partial charge in [-0.25, -0.2) is 4.79 Å². The first kappa shape index (κ1) is 23.3. The van der Waals surface area contributed by atoms with E-state index in [1.807, 2.05) is 11.1 Å². The lowest BCUT2D eigenvalue weighted by molar-refractivity contribution is -0.133. The van der Waals surface area contributed by atoms with Crippen LogP contribution in [-0.2, 0) is 16.1 Å². The van der Waals surface area contributed by atoms with Crippen LogP contribution in [0.15, 0.2) is 27.9 Å². The van der Waals surface area contributed by atoms with Crippen LogP contribution < -0.4 is 16.5 Å². The molecule has 12 heteroatoms. The van der Waals surface area contributed by atoms with Crippen molar-refractivity contribution in [3.8, 4) is 0 Å². The summed E-state index contributed by atoms with van der Waals surface area (Å²) in [5.74, 6) is -0.981. The van der Waals surface area contributed by atoms with Crippen LogP contribution in [0.1, 0.15) is 22.3 Å². The minimum absolute atomic E-state index is 0.0264. The quantitative estimate of drug-likeness (QED) is 0.361. The molecule has 1 aromatic carbocycles. The maximum atomic E-state index is 12.6. The molecule has 2 aromatic heterocycles. The number of aromatic nitrogens is 2. The Hall–Kier alpha value is -3.48. The van der Waals surface area contributed by atoms with Crippen LogP contribution in [0.5, 0.6) is 0 Å². The van der Waals surface area contributed by atoms with Crippen molar-refractivity contribution in [2.24, 2.45) is 0 Å². The molecule has 0 unspecified atom stereocenters. The lowest BCUT2D eigenvalue weighted by Crippen LogP contribution is -2.49. The number of carboxylic acid groups (broad SMARTS) is 1. The minimum atomic E-state index is -1.16. The summed E-state index contributed by atoms with van der Waals surface area (Å²) in [6, 6.07) is 3.14. The molecule has 2 aliphatic heterocycles. The van der Waals surface area contributed by atoms with Gasteiger partial charge in [0.05, 0.1) is 24.5 Å². The number of piperazine rings is 1. The number of H-pyrrole nitrogens is 1. The highest BCUT2D eigenvalue weighted by Gasteiger charge is 2.24. The Balaban J connectivity index is 1.20. The van der Waals surface area contributed by atoms with Crippen LogP contribution in [-0.4, -0.2) is 100 Å². The first-order valence-corrected chi connectivity index (χ1v) is 11.7. The van der Waals surface area contributed by atoms with E-state index in [4.69, 9.17) is 4.74 Å². The van der Waals surface area contributed by atoms with E-state index in [-0.39, 0.29) is 17.2 Å². The van der Waals surface area contributed by atoms with Crippen LogP contribution in [0.2, 0.25) is 0 Å². The largest absolute Gasteiger partial charge is 0.478 e. The molecule has 186 valence electrons. The molecule has 0 spiro atoms. The summed E-state index contributed by atoms with van der Waals surface area (Å²) in [6.07, 6.45) is 2.36. The monoisotopic (exact) mass is 484 g/mol. The molecule has 0 atom stereocenters. The van der Waals surface area contributed by atoms with Gasteiger partial charge in [-0.05, 0) is 17.7 Å². The number of nitrogens with one attached hydrogen (secondary N) is 2. The molecule has 4 heterocycles. The van der Waals surface area contributed by atoms with Gasteiger partial charge < -0.3 is 19.7 Å². The highest BCUT2D eigenvalue weighted by Crippen LogP contribution is 2.27. The normalized spacial score (nSPS) is 17.9. The molecule has 12 nitrogen and oxygen atoms in total. The van der Waals surface area contributed by atoms with Gasteiger partial charge in [0.25, 0.3) is 0 Å². The topological polar surface area (TPSA) is 140 Å². The molecule has 5 rings (SSSR count). The third kappa shape index (κ3) is 4.99. The van der Waals surface area contributed by atoms with Gasteiger partial charge in [-0.2, -0.15) is 4.68 Å². The van der Waals surface area contributed by atoms with Crippen molar-refractivity contribution in [2.75, 3.05) is 64.5 Å². The van der Waals surface area contributed by atoms with E-state index in [0.29, 0.717) is 31.6 Å². The second kappa shape index (κ2) is 9.64. The number of carbonyl (C=O) groups is 2. The summed E-state index contributed by atoms with van der Waals surface area (Å²) in [5, 5.41) is 10.4. The van der Waals surface area contributed by atoms with Crippen molar-refractivity contribution in [1.29, 1.82) is 0 Å². The van der Waals surface area contributed by atoms with Crippen LogP contribution in [0, 0.1) is 0 Å². The number of morpholine rings is 1. The van der Waals surface area contributed by atoms with Crippen LogP contribution in [0.3, 0.4) is 0 Å². The molecule has 3 N–H and O–H groups in total. The maximum absolute atomic E-state index is 12.6. The van der Waals surface area contributed by atoms with E-state index < -0.39 is 17.1 Å². The van der Waals surface area contributed by atoms with Crippen molar-refractivity contribution in [1.82, 2.24) is 24.4 Å². The summed E-state index contributed by atoms with van der Waals surface area (Å²) >= 11 is 0. The maximum Gasteiger partial charge on any atom is 0.340 e. The van der Waals surface area contributed by atoms with Crippen molar-refractivity contribution in [2.45, 2.75) is 13.0 Å². The molecule has 1 amide bonds. The second-order valence-corrected chi connectivity index (χ2v) is 8.98.